The van der Waals surface area contributed by atoms with Crippen LogP contribution in [0.2, 0.25) is 0 Å². The number of hydrogen-bond donors (Lipinski definition) is 0. The molecule has 0 aliphatic carbocycles. The topological polar surface area (TPSA) is 78.9 Å². The average molecular weight is 523 g/mol. The van der Waals surface area contributed by atoms with Gasteiger partial charge in [0, 0.05) is 22.8 Å². The summed E-state index contributed by atoms with van der Waals surface area (Å²) in [6.07, 6.45) is 4.01. The van der Waals surface area contributed by atoms with Crippen molar-refractivity contribution in [2.75, 3.05) is 6.61 Å². The predicted octanol–water partition coefficient (Wildman–Crippen LogP) is 7.57. The van der Waals surface area contributed by atoms with E-state index in [0.29, 0.717) is 35.0 Å². The van der Waals surface area contributed by atoms with Crippen LogP contribution in [-0.2, 0) is 15.0 Å². The van der Waals surface area contributed by atoms with Crippen LogP contribution in [0.1, 0.15) is 97.1 Å². The molecule has 0 bridgehead atoms. The number of ether oxygens (including phenoxy) is 3. The van der Waals surface area contributed by atoms with Gasteiger partial charge in [0.05, 0.1) is 17.4 Å². The Morgan fingerprint density at radius 3 is 1.82 bits per heavy atom. The maximum Gasteiger partial charge on any atom is 0.316 e. The van der Waals surface area contributed by atoms with E-state index in [0.717, 1.165) is 12.0 Å². The molecule has 0 atom stereocenters. The Kier molecular flexibility index (Phi) is 9.71. The second-order valence-electron chi connectivity index (χ2n) is 12.1. The van der Waals surface area contributed by atoms with Gasteiger partial charge >= 0.3 is 11.9 Å². The van der Waals surface area contributed by atoms with E-state index < -0.39 is 10.8 Å². The first-order valence-electron chi connectivity index (χ1n) is 13.1. The van der Waals surface area contributed by atoms with Crippen LogP contribution in [0.4, 0.5) is 0 Å². The van der Waals surface area contributed by atoms with Gasteiger partial charge in [-0.2, -0.15) is 0 Å². The van der Waals surface area contributed by atoms with Crippen LogP contribution < -0.4 is 14.2 Å². The molecule has 0 fully saturated rings. The van der Waals surface area contributed by atoms with Crippen molar-refractivity contribution >= 4 is 23.8 Å². The molecule has 0 saturated carbocycles. The summed E-state index contributed by atoms with van der Waals surface area (Å²) in [5.74, 6) is 0.486. The molecule has 0 saturated heterocycles. The first-order valence-corrected chi connectivity index (χ1v) is 13.1. The predicted molar refractivity (Wildman–Crippen MR) is 151 cm³/mol. The molecule has 0 amide bonds. The van der Waals surface area contributed by atoms with Gasteiger partial charge in [0.2, 0.25) is 0 Å². The molecule has 6 heteroatoms. The molecule has 206 valence electrons. The van der Waals surface area contributed by atoms with Crippen LogP contribution in [-0.4, -0.2) is 24.3 Å². The number of benzene rings is 2. The van der Waals surface area contributed by atoms with Gasteiger partial charge in [0.1, 0.15) is 17.2 Å². The Balaban J connectivity index is 2.41. The van der Waals surface area contributed by atoms with Crippen LogP contribution in [0.3, 0.4) is 0 Å². The van der Waals surface area contributed by atoms with Gasteiger partial charge in [-0.3, -0.25) is 14.4 Å². The minimum atomic E-state index is -0.662. The van der Waals surface area contributed by atoms with Gasteiger partial charge in [-0.25, -0.2) is 0 Å². The molecule has 6 nitrogen and oxygen atoms in total. The number of carbonyl (C=O) groups excluding carboxylic acids is 3. The van der Waals surface area contributed by atoms with Crippen LogP contribution in [0.15, 0.2) is 42.5 Å². The van der Waals surface area contributed by atoms with Gasteiger partial charge in [0.15, 0.2) is 5.78 Å². The maximum absolute atomic E-state index is 12.9. The Hall–Kier alpha value is -3.41. The van der Waals surface area contributed by atoms with Gasteiger partial charge in [0.25, 0.3) is 0 Å². The summed E-state index contributed by atoms with van der Waals surface area (Å²) >= 11 is 0. The van der Waals surface area contributed by atoms with Crippen molar-refractivity contribution in [3.63, 3.8) is 0 Å². The molecule has 0 N–H and O–H groups in total. The fourth-order valence-corrected chi connectivity index (χ4v) is 3.25. The number of hydrogen-bond acceptors (Lipinski definition) is 6. The lowest BCUT2D eigenvalue weighted by atomic mass is 9.80. The van der Waals surface area contributed by atoms with Crippen molar-refractivity contribution in [1.82, 2.24) is 0 Å². The molecule has 0 heterocycles. The lowest BCUT2D eigenvalue weighted by Crippen LogP contribution is -2.27. The largest absolute Gasteiger partial charge is 0.493 e. The van der Waals surface area contributed by atoms with E-state index >= 15 is 0 Å². The van der Waals surface area contributed by atoms with Gasteiger partial charge in [-0.15, -0.1) is 0 Å². The molecule has 0 unspecified atom stereocenters. The summed E-state index contributed by atoms with van der Waals surface area (Å²) in [4.78, 5) is 37.8. The Morgan fingerprint density at radius 1 is 0.763 bits per heavy atom. The number of allylic oxidation sites excluding steroid dienone is 1. The van der Waals surface area contributed by atoms with Crippen LogP contribution in [0, 0.1) is 10.8 Å². The Morgan fingerprint density at radius 2 is 1.32 bits per heavy atom. The minimum absolute atomic E-state index is 0.208. The second-order valence-corrected chi connectivity index (χ2v) is 12.1. The molecule has 38 heavy (non-hydrogen) atoms. The highest BCUT2D eigenvalue weighted by molar-refractivity contribution is 6.07. The highest BCUT2D eigenvalue weighted by atomic mass is 16.5. The molecule has 2 aromatic rings. The number of esters is 2. The fourth-order valence-electron chi connectivity index (χ4n) is 3.25. The summed E-state index contributed by atoms with van der Waals surface area (Å²) in [5, 5.41) is 0. The molecule has 0 radical (unpaired) electrons. The zero-order valence-corrected chi connectivity index (χ0v) is 24.5. The van der Waals surface area contributed by atoms with Crippen molar-refractivity contribution < 1.29 is 28.6 Å². The third-order valence-electron chi connectivity index (χ3n) is 6.22. The average Bonchev–Trinajstić information content (AvgIpc) is 2.82. The highest BCUT2D eigenvalue weighted by Gasteiger charge is 2.29. The lowest BCUT2D eigenvalue weighted by molar-refractivity contribution is -0.143. The van der Waals surface area contributed by atoms with E-state index in [9.17, 15) is 14.4 Å². The molecule has 2 aromatic carbocycles. The Labute approximate surface area is 227 Å². The number of carbonyl (C=O) groups is 3. The van der Waals surface area contributed by atoms with E-state index in [-0.39, 0.29) is 23.1 Å². The smallest absolute Gasteiger partial charge is 0.316 e. The molecular weight excluding hydrogens is 480 g/mol. The van der Waals surface area contributed by atoms with E-state index in [2.05, 4.69) is 20.8 Å². The van der Waals surface area contributed by atoms with E-state index in [1.54, 1.807) is 57.2 Å². The summed E-state index contributed by atoms with van der Waals surface area (Å²) < 4.78 is 17.1. The number of rotatable bonds is 9. The molecule has 0 aliphatic heterocycles. The summed E-state index contributed by atoms with van der Waals surface area (Å²) in [5.41, 5.74) is 0.457. The summed E-state index contributed by atoms with van der Waals surface area (Å²) in [7, 11) is 0. The van der Waals surface area contributed by atoms with Gasteiger partial charge < -0.3 is 14.2 Å². The maximum atomic E-state index is 12.9. The third kappa shape index (κ3) is 8.04. The first kappa shape index (κ1) is 30.8. The summed E-state index contributed by atoms with van der Waals surface area (Å²) in [6, 6.07) is 10.1. The van der Waals surface area contributed by atoms with Crippen molar-refractivity contribution in [1.29, 1.82) is 0 Å². The van der Waals surface area contributed by atoms with Crippen LogP contribution in [0.5, 0.6) is 17.2 Å². The number of ketones is 1. The zero-order chi connectivity index (χ0) is 28.9. The SMILES string of the molecule is CCOc1cc(OC(=O)C(C)(C)C)c(C(C)(C)CC)cc1C=CC(=O)c1ccc(OC(=O)C(C)(C)C)cc1. The molecule has 2 rings (SSSR count). The lowest BCUT2D eigenvalue weighted by Gasteiger charge is -2.28. The monoisotopic (exact) mass is 522 g/mol. The van der Waals surface area contributed by atoms with Crippen molar-refractivity contribution in [3.8, 4) is 17.2 Å². The van der Waals surface area contributed by atoms with Crippen LogP contribution in [0.25, 0.3) is 6.08 Å². The second kappa shape index (κ2) is 12.0. The quantitative estimate of drug-likeness (QED) is 0.146. The Bertz CT molecular complexity index is 1190. The van der Waals surface area contributed by atoms with Crippen molar-refractivity contribution in [3.05, 3.63) is 59.2 Å². The van der Waals surface area contributed by atoms with E-state index in [4.69, 9.17) is 14.2 Å². The fraction of sp³-hybridized carbons (Fsp3) is 0.469. The summed E-state index contributed by atoms with van der Waals surface area (Å²) in [6.45, 7) is 19.3. The molecular formula is C32H42O6. The first-order chi connectivity index (χ1) is 17.5. The molecule has 0 aliphatic rings. The zero-order valence-electron chi connectivity index (χ0n) is 24.5. The third-order valence-corrected chi connectivity index (χ3v) is 6.22. The molecule has 0 aromatic heterocycles. The van der Waals surface area contributed by atoms with E-state index in [1.165, 1.54) is 6.08 Å². The normalized spacial score (nSPS) is 12.4. The van der Waals surface area contributed by atoms with Crippen molar-refractivity contribution in [2.24, 2.45) is 10.8 Å². The standard InChI is InChI=1S/C32H42O6/c1-11-32(9,10)24-19-22(26(36-12-2)20-27(24)38-29(35)31(6,7)8)15-18-25(33)21-13-16-23(17-14-21)37-28(34)30(3,4)5/h13-20H,11-12H2,1-10H3. The van der Waals surface area contributed by atoms with E-state index in [1.807, 2.05) is 33.8 Å². The van der Waals surface area contributed by atoms with Gasteiger partial charge in [-0.05, 0) is 103 Å². The van der Waals surface area contributed by atoms with Gasteiger partial charge in [-0.1, -0.05) is 20.8 Å². The molecule has 0 spiro atoms. The minimum Gasteiger partial charge on any atom is -0.493 e. The highest BCUT2D eigenvalue weighted by Crippen LogP contribution is 2.40. The van der Waals surface area contributed by atoms with Crippen LogP contribution >= 0.6 is 0 Å². The van der Waals surface area contributed by atoms with Crippen molar-refractivity contribution in [2.45, 2.75) is 81.1 Å².